The molecule has 1 N–H and O–H groups in total. The number of nitrogens with one attached hydrogen (secondary N) is 1. The molecule has 0 radical (unpaired) electrons. The van der Waals surface area contributed by atoms with Gasteiger partial charge in [-0.15, -0.1) is 0 Å². The smallest absolute Gasteiger partial charge is 0.408 e. The molecular weight excluding hydrogens is 397 g/mol. The second kappa shape index (κ2) is 8.76. The number of fused-ring (bicyclic) bond motifs is 1. The fourth-order valence-electron chi connectivity index (χ4n) is 3.58. The number of hydrogen-bond acceptors (Lipinski definition) is 4. The maximum absolute atomic E-state index is 14.8. The van der Waals surface area contributed by atoms with Gasteiger partial charge in [-0.3, -0.25) is 4.79 Å². The Morgan fingerprint density at radius 1 is 1.23 bits per heavy atom. The molecule has 1 aliphatic rings. The number of alkyl carbamates (subject to hydrolysis) is 1. The Labute approximate surface area is 181 Å². The zero-order valence-corrected chi connectivity index (χ0v) is 18.2. The number of hydrogen-bond donors (Lipinski definition) is 1. The van der Waals surface area contributed by atoms with Crippen LogP contribution in [0.1, 0.15) is 38.8 Å². The molecule has 0 bridgehead atoms. The van der Waals surface area contributed by atoms with Crippen molar-refractivity contribution in [1.82, 2.24) is 5.32 Å². The molecule has 0 aromatic heterocycles. The molecule has 0 spiro atoms. The van der Waals surface area contributed by atoms with E-state index in [2.05, 4.69) is 5.32 Å². The molecule has 7 heteroatoms. The predicted molar refractivity (Wildman–Crippen MR) is 116 cm³/mol. The molecule has 1 atom stereocenters. The molecule has 2 amide bonds. The highest BCUT2D eigenvalue weighted by atomic mass is 19.1. The predicted octanol–water partition coefficient (Wildman–Crippen LogP) is 4.36. The van der Waals surface area contributed by atoms with Crippen molar-refractivity contribution in [2.75, 3.05) is 11.4 Å². The highest BCUT2D eigenvalue weighted by molar-refractivity contribution is 5.94. The van der Waals surface area contributed by atoms with Gasteiger partial charge in [0, 0.05) is 31.1 Å². The number of amides is 2. The SMILES string of the molecule is CC(=O)N1CCc2cc(-c3ccc(C[C@@H](C#N)OC(=O)NC(C)(C)C)c(F)c3)ccc21. The minimum atomic E-state index is -1.10. The van der Waals surface area contributed by atoms with Gasteiger partial charge in [0.05, 0.1) is 0 Å². The van der Waals surface area contributed by atoms with Crippen molar-refractivity contribution in [2.45, 2.75) is 52.2 Å². The lowest BCUT2D eigenvalue weighted by molar-refractivity contribution is -0.116. The summed E-state index contributed by atoms with van der Waals surface area (Å²) in [6, 6.07) is 12.4. The summed E-state index contributed by atoms with van der Waals surface area (Å²) >= 11 is 0. The van der Waals surface area contributed by atoms with Crippen molar-refractivity contribution in [2.24, 2.45) is 0 Å². The maximum Gasteiger partial charge on any atom is 0.408 e. The number of benzene rings is 2. The third kappa shape index (κ3) is 5.40. The molecule has 162 valence electrons. The average Bonchev–Trinajstić information content (AvgIpc) is 3.10. The fraction of sp³-hybridized carbons (Fsp3) is 0.375. The minimum absolute atomic E-state index is 0.00680. The quantitative estimate of drug-likeness (QED) is 0.792. The Hall–Kier alpha value is -3.40. The number of anilines is 1. The van der Waals surface area contributed by atoms with Gasteiger partial charge in [-0.2, -0.15) is 5.26 Å². The number of nitriles is 1. The van der Waals surface area contributed by atoms with Crippen molar-refractivity contribution in [3.8, 4) is 17.2 Å². The molecule has 6 nitrogen and oxygen atoms in total. The van der Waals surface area contributed by atoms with Crippen LogP contribution < -0.4 is 10.2 Å². The molecule has 1 aliphatic heterocycles. The van der Waals surface area contributed by atoms with E-state index in [1.54, 1.807) is 44.7 Å². The molecule has 0 unspecified atom stereocenters. The minimum Gasteiger partial charge on any atom is -0.430 e. The van der Waals surface area contributed by atoms with Crippen LogP contribution in [0.25, 0.3) is 11.1 Å². The molecule has 0 fully saturated rings. The summed E-state index contributed by atoms with van der Waals surface area (Å²) < 4.78 is 19.9. The first kappa shape index (κ1) is 22.3. The molecular formula is C24H26FN3O3. The zero-order chi connectivity index (χ0) is 22.8. The van der Waals surface area contributed by atoms with E-state index < -0.39 is 23.6 Å². The summed E-state index contributed by atoms with van der Waals surface area (Å²) in [7, 11) is 0. The average molecular weight is 423 g/mol. The lowest BCUT2D eigenvalue weighted by Gasteiger charge is -2.21. The van der Waals surface area contributed by atoms with Crippen LogP contribution >= 0.6 is 0 Å². The van der Waals surface area contributed by atoms with E-state index in [-0.39, 0.29) is 12.3 Å². The van der Waals surface area contributed by atoms with Crippen LogP contribution in [0, 0.1) is 17.1 Å². The van der Waals surface area contributed by atoms with E-state index in [0.717, 1.165) is 23.2 Å². The molecule has 2 aromatic carbocycles. The highest BCUT2D eigenvalue weighted by Gasteiger charge is 2.23. The van der Waals surface area contributed by atoms with Crippen molar-refractivity contribution >= 4 is 17.7 Å². The van der Waals surface area contributed by atoms with Gasteiger partial charge in [0.2, 0.25) is 5.91 Å². The zero-order valence-electron chi connectivity index (χ0n) is 18.2. The molecule has 1 heterocycles. The van der Waals surface area contributed by atoms with Gasteiger partial charge in [0.1, 0.15) is 11.9 Å². The molecule has 0 saturated carbocycles. The van der Waals surface area contributed by atoms with Crippen molar-refractivity contribution in [3.05, 3.63) is 53.3 Å². The van der Waals surface area contributed by atoms with Gasteiger partial charge in [-0.1, -0.05) is 18.2 Å². The van der Waals surface area contributed by atoms with E-state index in [1.807, 2.05) is 24.3 Å². The fourth-order valence-corrected chi connectivity index (χ4v) is 3.58. The van der Waals surface area contributed by atoms with Crippen LogP contribution in [-0.2, 0) is 22.4 Å². The Kier molecular flexibility index (Phi) is 6.30. The summed E-state index contributed by atoms with van der Waals surface area (Å²) in [5, 5.41) is 11.9. The highest BCUT2D eigenvalue weighted by Crippen LogP contribution is 2.33. The summed E-state index contributed by atoms with van der Waals surface area (Å²) in [6.45, 7) is 7.59. The molecule has 31 heavy (non-hydrogen) atoms. The van der Waals surface area contributed by atoms with Crippen LogP contribution in [0.15, 0.2) is 36.4 Å². The van der Waals surface area contributed by atoms with Crippen LogP contribution in [0.2, 0.25) is 0 Å². The summed E-state index contributed by atoms with van der Waals surface area (Å²) in [5.41, 5.74) is 3.30. The third-order valence-corrected chi connectivity index (χ3v) is 5.02. The lowest BCUT2D eigenvalue weighted by atomic mass is 9.98. The van der Waals surface area contributed by atoms with Crippen LogP contribution in [0.5, 0.6) is 0 Å². The molecule has 0 aliphatic carbocycles. The maximum atomic E-state index is 14.8. The van der Waals surface area contributed by atoms with Crippen molar-refractivity contribution < 1.29 is 18.7 Å². The Morgan fingerprint density at radius 2 is 1.90 bits per heavy atom. The number of carbonyl (C=O) groups excluding carboxylic acids is 2. The first-order valence-electron chi connectivity index (χ1n) is 10.2. The number of ether oxygens (including phenoxy) is 1. The molecule has 2 aromatic rings. The van der Waals surface area contributed by atoms with Gasteiger partial charge in [0.15, 0.2) is 6.10 Å². The molecule has 3 rings (SSSR count). The van der Waals surface area contributed by atoms with E-state index in [0.29, 0.717) is 17.7 Å². The van der Waals surface area contributed by atoms with Gasteiger partial charge >= 0.3 is 6.09 Å². The summed E-state index contributed by atoms with van der Waals surface area (Å²) in [6.07, 6.45) is -1.09. The van der Waals surface area contributed by atoms with Crippen molar-refractivity contribution in [3.63, 3.8) is 0 Å². The Balaban J connectivity index is 1.74. The van der Waals surface area contributed by atoms with Gasteiger partial charge < -0.3 is 15.0 Å². The van der Waals surface area contributed by atoms with Crippen LogP contribution in [-0.4, -0.2) is 30.2 Å². The first-order valence-corrected chi connectivity index (χ1v) is 10.2. The third-order valence-electron chi connectivity index (χ3n) is 5.02. The second-order valence-electron chi connectivity index (χ2n) is 8.67. The topological polar surface area (TPSA) is 82.4 Å². The number of nitrogens with zero attached hydrogens (tertiary/aromatic N) is 2. The first-order chi connectivity index (χ1) is 14.6. The van der Waals surface area contributed by atoms with Crippen LogP contribution in [0.3, 0.4) is 0 Å². The largest absolute Gasteiger partial charge is 0.430 e. The monoisotopic (exact) mass is 423 g/mol. The number of halogens is 1. The summed E-state index contributed by atoms with van der Waals surface area (Å²) in [5.74, 6) is -0.462. The van der Waals surface area contributed by atoms with E-state index in [9.17, 15) is 19.2 Å². The number of rotatable bonds is 4. The lowest BCUT2D eigenvalue weighted by Crippen LogP contribution is -2.42. The van der Waals surface area contributed by atoms with E-state index in [4.69, 9.17) is 4.74 Å². The molecule has 0 saturated heterocycles. The normalized spacial score (nSPS) is 13.9. The van der Waals surface area contributed by atoms with Crippen LogP contribution in [0.4, 0.5) is 14.9 Å². The van der Waals surface area contributed by atoms with Gasteiger partial charge in [-0.25, -0.2) is 9.18 Å². The van der Waals surface area contributed by atoms with Gasteiger partial charge in [0.25, 0.3) is 0 Å². The number of carbonyl (C=O) groups is 2. The summed E-state index contributed by atoms with van der Waals surface area (Å²) in [4.78, 5) is 25.3. The Morgan fingerprint density at radius 3 is 2.52 bits per heavy atom. The second-order valence-corrected chi connectivity index (χ2v) is 8.67. The standard InChI is InChI=1S/C24H26FN3O3/c1-15(29)28-10-9-19-11-16(7-8-22(19)28)17-5-6-18(21(25)13-17)12-20(14-26)31-23(30)27-24(2,3)4/h5-8,11,13,20H,9-10,12H2,1-4H3,(H,27,30)/t20-/m0/s1. The van der Waals surface area contributed by atoms with E-state index >= 15 is 0 Å². The van der Waals surface area contributed by atoms with Crippen molar-refractivity contribution in [1.29, 1.82) is 5.26 Å². The van der Waals surface area contributed by atoms with Gasteiger partial charge in [-0.05, 0) is 67.6 Å². The Bertz CT molecular complexity index is 1050. The van der Waals surface area contributed by atoms with E-state index in [1.165, 1.54) is 6.07 Å².